The fourth-order valence-electron chi connectivity index (χ4n) is 2.53. The van der Waals surface area contributed by atoms with Crippen molar-refractivity contribution in [2.75, 3.05) is 5.01 Å². The summed E-state index contributed by atoms with van der Waals surface area (Å²) in [5, 5.41) is 1.96. The quantitative estimate of drug-likeness (QED) is 0.904. The lowest BCUT2D eigenvalue weighted by molar-refractivity contribution is -0.119. The highest BCUT2D eigenvalue weighted by Gasteiger charge is 2.31. The van der Waals surface area contributed by atoms with Crippen LogP contribution in [0.25, 0.3) is 0 Å². The SMILES string of the molecule is Cc1ccc(C2CC(=O)NN2c2ccc(C)cc2)cc1. The first-order valence-electron chi connectivity index (χ1n) is 6.85. The van der Waals surface area contributed by atoms with Crippen molar-refractivity contribution in [2.45, 2.75) is 26.3 Å². The van der Waals surface area contributed by atoms with E-state index >= 15 is 0 Å². The van der Waals surface area contributed by atoms with Gasteiger partial charge in [0.15, 0.2) is 0 Å². The summed E-state index contributed by atoms with van der Waals surface area (Å²) < 4.78 is 0. The number of nitrogens with zero attached hydrogens (tertiary/aromatic N) is 1. The van der Waals surface area contributed by atoms with E-state index in [0.29, 0.717) is 6.42 Å². The van der Waals surface area contributed by atoms with E-state index in [1.807, 2.05) is 17.1 Å². The Hall–Kier alpha value is -2.29. The second kappa shape index (κ2) is 5.00. The number of rotatable bonds is 2. The normalized spacial score (nSPS) is 18.2. The van der Waals surface area contributed by atoms with E-state index in [2.05, 4.69) is 55.7 Å². The van der Waals surface area contributed by atoms with Gasteiger partial charge in [0.2, 0.25) is 5.91 Å². The Bertz CT molecular complexity index is 561. The number of amides is 1. The zero-order valence-corrected chi connectivity index (χ0v) is 11.8. The molecule has 0 bridgehead atoms. The van der Waals surface area contributed by atoms with Gasteiger partial charge < -0.3 is 0 Å². The first-order chi connectivity index (χ1) is 9.63. The van der Waals surface area contributed by atoms with Crippen molar-refractivity contribution in [3.63, 3.8) is 0 Å². The average molecular weight is 266 g/mol. The molecule has 3 nitrogen and oxygen atoms in total. The Kier molecular flexibility index (Phi) is 3.18. The van der Waals surface area contributed by atoms with Gasteiger partial charge in [-0.1, -0.05) is 47.5 Å². The molecule has 2 aromatic rings. The lowest BCUT2D eigenvalue weighted by Gasteiger charge is -2.26. The molecule has 1 saturated heterocycles. The molecule has 0 aromatic heterocycles. The van der Waals surface area contributed by atoms with Gasteiger partial charge >= 0.3 is 0 Å². The fraction of sp³-hybridized carbons (Fsp3) is 0.235. The summed E-state index contributed by atoms with van der Waals surface area (Å²) in [6, 6.07) is 16.6. The van der Waals surface area contributed by atoms with E-state index < -0.39 is 0 Å². The van der Waals surface area contributed by atoms with Crippen LogP contribution < -0.4 is 10.4 Å². The van der Waals surface area contributed by atoms with E-state index in [1.54, 1.807) is 0 Å². The molecule has 0 saturated carbocycles. The number of hydrogen-bond acceptors (Lipinski definition) is 2. The second-order valence-corrected chi connectivity index (χ2v) is 5.37. The molecule has 102 valence electrons. The summed E-state index contributed by atoms with van der Waals surface area (Å²) in [5.41, 5.74) is 7.57. The summed E-state index contributed by atoms with van der Waals surface area (Å²) in [6.07, 6.45) is 0.497. The molecule has 1 aliphatic rings. The average Bonchev–Trinajstić information content (AvgIpc) is 2.82. The van der Waals surface area contributed by atoms with Crippen LogP contribution in [0.5, 0.6) is 0 Å². The zero-order chi connectivity index (χ0) is 14.1. The molecule has 1 atom stereocenters. The highest BCUT2D eigenvalue weighted by atomic mass is 16.2. The van der Waals surface area contributed by atoms with Crippen LogP contribution in [0.3, 0.4) is 0 Å². The van der Waals surface area contributed by atoms with Crippen molar-refractivity contribution < 1.29 is 4.79 Å². The molecule has 1 heterocycles. The molecule has 3 heteroatoms. The van der Waals surface area contributed by atoms with Crippen molar-refractivity contribution in [1.29, 1.82) is 0 Å². The number of hydrazine groups is 1. The number of hydrogen-bond donors (Lipinski definition) is 1. The fourth-order valence-corrected chi connectivity index (χ4v) is 2.53. The van der Waals surface area contributed by atoms with Gasteiger partial charge in [0.1, 0.15) is 0 Å². The third-order valence-electron chi connectivity index (χ3n) is 3.71. The van der Waals surface area contributed by atoms with Crippen LogP contribution >= 0.6 is 0 Å². The van der Waals surface area contributed by atoms with Gasteiger partial charge in [-0.25, -0.2) is 0 Å². The van der Waals surface area contributed by atoms with Crippen LogP contribution in [-0.4, -0.2) is 5.91 Å². The molecule has 20 heavy (non-hydrogen) atoms. The van der Waals surface area contributed by atoms with Gasteiger partial charge in [-0.05, 0) is 31.5 Å². The summed E-state index contributed by atoms with van der Waals surface area (Å²) in [6.45, 7) is 4.13. The lowest BCUT2D eigenvalue weighted by Crippen LogP contribution is -2.34. The minimum Gasteiger partial charge on any atom is -0.278 e. The van der Waals surface area contributed by atoms with Crippen LogP contribution in [0.4, 0.5) is 5.69 Å². The van der Waals surface area contributed by atoms with E-state index in [-0.39, 0.29) is 11.9 Å². The number of carbonyl (C=O) groups excluding carboxylic acids is 1. The Labute approximate surface area is 119 Å². The summed E-state index contributed by atoms with van der Waals surface area (Å²) >= 11 is 0. The molecule has 1 fully saturated rings. The first-order valence-corrected chi connectivity index (χ1v) is 6.85. The highest BCUT2D eigenvalue weighted by molar-refractivity contribution is 5.83. The van der Waals surface area contributed by atoms with Crippen LogP contribution in [0.2, 0.25) is 0 Å². The Balaban J connectivity index is 1.94. The van der Waals surface area contributed by atoms with E-state index in [1.165, 1.54) is 11.1 Å². The monoisotopic (exact) mass is 266 g/mol. The van der Waals surface area contributed by atoms with Crippen molar-refractivity contribution in [1.82, 2.24) is 5.43 Å². The van der Waals surface area contributed by atoms with E-state index in [9.17, 15) is 4.79 Å². The van der Waals surface area contributed by atoms with Gasteiger partial charge in [-0.15, -0.1) is 0 Å². The lowest BCUT2D eigenvalue weighted by atomic mass is 10.0. The van der Waals surface area contributed by atoms with Crippen molar-refractivity contribution >= 4 is 11.6 Å². The molecule has 0 radical (unpaired) electrons. The van der Waals surface area contributed by atoms with Gasteiger partial charge in [0.25, 0.3) is 0 Å². The molecule has 2 aromatic carbocycles. The predicted octanol–water partition coefficient (Wildman–Crippen LogP) is 3.29. The van der Waals surface area contributed by atoms with Gasteiger partial charge in [-0.2, -0.15) is 0 Å². The predicted molar refractivity (Wildman–Crippen MR) is 80.3 cm³/mol. The Morgan fingerprint density at radius 3 is 2.10 bits per heavy atom. The smallest absolute Gasteiger partial charge is 0.241 e. The second-order valence-electron chi connectivity index (χ2n) is 5.37. The molecular weight excluding hydrogens is 248 g/mol. The van der Waals surface area contributed by atoms with E-state index in [4.69, 9.17) is 0 Å². The maximum absolute atomic E-state index is 11.8. The Morgan fingerprint density at radius 1 is 0.950 bits per heavy atom. The summed E-state index contributed by atoms with van der Waals surface area (Å²) in [4.78, 5) is 11.8. The van der Waals surface area contributed by atoms with Crippen LogP contribution in [0.1, 0.15) is 29.2 Å². The standard InChI is InChI=1S/C17H18N2O/c1-12-3-7-14(8-4-12)16-11-17(20)18-19(16)15-9-5-13(2)6-10-15/h3-10,16H,11H2,1-2H3,(H,18,20). The van der Waals surface area contributed by atoms with Crippen LogP contribution in [0.15, 0.2) is 48.5 Å². The van der Waals surface area contributed by atoms with Crippen molar-refractivity contribution in [3.8, 4) is 0 Å². The number of aryl methyl sites for hydroxylation is 2. The van der Waals surface area contributed by atoms with Gasteiger partial charge in [-0.3, -0.25) is 15.2 Å². The number of carbonyl (C=O) groups is 1. The number of benzene rings is 2. The van der Waals surface area contributed by atoms with E-state index in [0.717, 1.165) is 11.3 Å². The maximum atomic E-state index is 11.8. The minimum atomic E-state index is 0.0609. The highest BCUT2D eigenvalue weighted by Crippen LogP contribution is 2.32. The zero-order valence-electron chi connectivity index (χ0n) is 11.8. The molecule has 0 spiro atoms. The third-order valence-corrected chi connectivity index (χ3v) is 3.71. The van der Waals surface area contributed by atoms with Crippen LogP contribution in [-0.2, 0) is 4.79 Å². The Morgan fingerprint density at radius 2 is 1.50 bits per heavy atom. The third kappa shape index (κ3) is 2.39. The maximum Gasteiger partial charge on any atom is 0.241 e. The van der Waals surface area contributed by atoms with Gasteiger partial charge in [0, 0.05) is 0 Å². The molecule has 1 aliphatic heterocycles. The molecule has 0 aliphatic carbocycles. The van der Waals surface area contributed by atoms with Crippen LogP contribution in [0, 0.1) is 13.8 Å². The minimum absolute atomic E-state index is 0.0609. The molecule has 1 unspecified atom stereocenters. The molecule has 3 rings (SSSR count). The largest absolute Gasteiger partial charge is 0.278 e. The first kappa shape index (κ1) is 12.7. The topological polar surface area (TPSA) is 32.3 Å². The van der Waals surface area contributed by atoms with Crippen molar-refractivity contribution in [3.05, 3.63) is 65.2 Å². The number of nitrogens with one attached hydrogen (secondary N) is 1. The molecular formula is C17H18N2O. The molecule has 1 amide bonds. The summed E-state index contributed by atoms with van der Waals surface area (Å²) in [7, 11) is 0. The van der Waals surface area contributed by atoms with Crippen molar-refractivity contribution in [2.24, 2.45) is 0 Å². The summed E-state index contributed by atoms with van der Waals surface area (Å²) in [5.74, 6) is 0.0659. The molecule has 1 N–H and O–H groups in total. The number of anilines is 1. The van der Waals surface area contributed by atoms with Gasteiger partial charge in [0.05, 0.1) is 18.2 Å².